The third-order valence-electron chi connectivity index (χ3n) is 3.50. The molecule has 92 valence electrons. The van der Waals surface area contributed by atoms with E-state index >= 15 is 0 Å². The van der Waals surface area contributed by atoms with Crippen LogP contribution in [0.3, 0.4) is 0 Å². The number of nitrogens with zero attached hydrogens (tertiary/aromatic N) is 3. The monoisotopic (exact) mass is 231 g/mol. The first-order valence-corrected chi connectivity index (χ1v) is 6.04. The van der Waals surface area contributed by atoms with Gasteiger partial charge in [0.05, 0.1) is 11.2 Å². The number of fused-ring (bicyclic) bond motifs is 1. The average Bonchev–Trinajstić information content (AvgIpc) is 2.47. The van der Waals surface area contributed by atoms with Crippen LogP contribution in [-0.2, 0) is 12.5 Å². The second-order valence-electron chi connectivity index (χ2n) is 5.85. The summed E-state index contributed by atoms with van der Waals surface area (Å²) in [6.07, 6.45) is 0. The van der Waals surface area contributed by atoms with Gasteiger partial charge in [-0.1, -0.05) is 20.8 Å². The van der Waals surface area contributed by atoms with Crippen LogP contribution in [0.1, 0.15) is 43.4 Å². The number of hydrogen-bond acceptors (Lipinski definition) is 2. The van der Waals surface area contributed by atoms with Crippen molar-refractivity contribution in [3.8, 4) is 0 Å². The minimum atomic E-state index is 0.0639. The van der Waals surface area contributed by atoms with E-state index in [2.05, 4.69) is 51.2 Å². The molecule has 0 saturated heterocycles. The fraction of sp³-hybridized carbons (Fsp3) is 0.571. The third-order valence-corrected chi connectivity index (χ3v) is 3.50. The zero-order valence-electron chi connectivity index (χ0n) is 11.8. The van der Waals surface area contributed by atoms with Crippen LogP contribution >= 0.6 is 0 Å². The summed E-state index contributed by atoms with van der Waals surface area (Å²) >= 11 is 0. The Labute approximate surface area is 103 Å². The minimum absolute atomic E-state index is 0.0639. The molecule has 2 aromatic heterocycles. The van der Waals surface area contributed by atoms with Crippen molar-refractivity contribution in [2.75, 3.05) is 0 Å². The van der Waals surface area contributed by atoms with E-state index in [1.165, 1.54) is 11.1 Å². The predicted octanol–water partition coefficient (Wildman–Crippen LogP) is 3.19. The van der Waals surface area contributed by atoms with Gasteiger partial charge in [0, 0.05) is 12.5 Å². The maximum Gasteiger partial charge on any atom is 0.178 e. The van der Waals surface area contributed by atoms with E-state index in [1.54, 1.807) is 0 Å². The van der Waals surface area contributed by atoms with Crippen LogP contribution < -0.4 is 0 Å². The van der Waals surface area contributed by atoms with Gasteiger partial charge in [-0.2, -0.15) is 0 Å². The SMILES string of the molecule is Cc1c(C(C)(C)C)nc2nc(C)n(C)c2c1C. The molecule has 3 nitrogen and oxygen atoms in total. The van der Waals surface area contributed by atoms with Gasteiger partial charge in [0.25, 0.3) is 0 Å². The Morgan fingerprint density at radius 1 is 0.941 bits per heavy atom. The van der Waals surface area contributed by atoms with Gasteiger partial charge in [0.15, 0.2) is 5.65 Å². The zero-order chi connectivity index (χ0) is 13.0. The van der Waals surface area contributed by atoms with Crippen LogP contribution in [0.15, 0.2) is 0 Å². The molecule has 0 spiro atoms. The maximum absolute atomic E-state index is 4.76. The molecule has 0 aromatic carbocycles. The average molecular weight is 231 g/mol. The maximum atomic E-state index is 4.76. The molecule has 0 atom stereocenters. The number of hydrogen-bond donors (Lipinski definition) is 0. The third kappa shape index (κ3) is 1.74. The second kappa shape index (κ2) is 3.56. The van der Waals surface area contributed by atoms with Crippen molar-refractivity contribution in [1.29, 1.82) is 0 Å². The van der Waals surface area contributed by atoms with Gasteiger partial charge in [0.2, 0.25) is 0 Å². The number of rotatable bonds is 0. The fourth-order valence-electron chi connectivity index (χ4n) is 2.37. The summed E-state index contributed by atoms with van der Waals surface area (Å²) in [7, 11) is 2.05. The number of imidazole rings is 1. The van der Waals surface area contributed by atoms with Crippen molar-refractivity contribution in [3.05, 3.63) is 22.6 Å². The van der Waals surface area contributed by atoms with Gasteiger partial charge in [-0.15, -0.1) is 0 Å². The van der Waals surface area contributed by atoms with E-state index in [0.717, 1.165) is 22.7 Å². The van der Waals surface area contributed by atoms with Crippen molar-refractivity contribution in [3.63, 3.8) is 0 Å². The molecule has 3 heteroatoms. The molecule has 0 aliphatic rings. The van der Waals surface area contributed by atoms with Crippen LogP contribution in [0.4, 0.5) is 0 Å². The lowest BCUT2D eigenvalue weighted by molar-refractivity contribution is 0.566. The van der Waals surface area contributed by atoms with E-state index in [-0.39, 0.29) is 5.41 Å². The van der Waals surface area contributed by atoms with Crippen molar-refractivity contribution in [2.45, 2.75) is 47.0 Å². The Balaban J connectivity index is 2.90. The van der Waals surface area contributed by atoms with Gasteiger partial charge in [-0.25, -0.2) is 9.97 Å². The standard InChI is InChI=1S/C14H21N3/c1-8-9(2)12(14(4,5)6)16-13-11(8)17(7)10(3)15-13/h1-7H3. The zero-order valence-corrected chi connectivity index (χ0v) is 11.8. The van der Waals surface area contributed by atoms with Crippen LogP contribution in [0.2, 0.25) is 0 Å². The molecule has 2 rings (SSSR count). The molecule has 0 aliphatic heterocycles. The fourth-order valence-corrected chi connectivity index (χ4v) is 2.37. The molecular formula is C14H21N3. The smallest absolute Gasteiger partial charge is 0.178 e. The van der Waals surface area contributed by atoms with Crippen LogP contribution in [0.25, 0.3) is 11.2 Å². The number of aryl methyl sites for hydroxylation is 3. The molecule has 0 bridgehead atoms. The van der Waals surface area contributed by atoms with Gasteiger partial charge in [0.1, 0.15) is 5.82 Å². The summed E-state index contributed by atoms with van der Waals surface area (Å²) in [5, 5.41) is 0. The van der Waals surface area contributed by atoms with Crippen molar-refractivity contribution in [2.24, 2.45) is 7.05 Å². The van der Waals surface area contributed by atoms with E-state index in [0.29, 0.717) is 0 Å². The molecular weight excluding hydrogens is 210 g/mol. The molecule has 0 unspecified atom stereocenters. The van der Waals surface area contributed by atoms with Gasteiger partial charge >= 0.3 is 0 Å². The van der Waals surface area contributed by atoms with Crippen LogP contribution in [-0.4, -0.2) is 14.5 Å². The highest BCUT2D eigenvalue weighted by molar-refractivity contribution is 5.77. The molecule has 2 heterocycles. The van der Waals surface area contributed by atoms with Crippen molar-refractivity contribution >= 4 is 11.2 Å². The lowest BCUT2D eigenvalue weighted by atomic mass is 9.87. The summed E-state index contributed by atoms with van der Waals surface area (Å²) in [6.45, 7) is 12.9. The molecule has 2 aromatic rings. The Morgan fingerprint density at radius 3 is 2.06 bits per heavy atom. The lowest BCUT2D eigenvalue weighted by Crippen LogP contribution is -2.16. The minimum Gasteiger partial charge on any atom is -0.330 e. The summed E-state index contributed by atoms with van der Waals surface area (Å²) in [4.78, 5) is 9.30. The summed E-state index contributed by atoms with van der Waals surface area (Å²) in [5.41, 5.74) is 5.83. The van der Waals surface area contributed by atoms with Gasteiger partial charge < -0.3 is 4.57 Å². The molecule has 0 radical (unpaired) electrons. The molecule has 0 saturated carbocycles. The Kier molecular flexibility index (Phi) is 2.53. The van der Waals surface area contributed by atoms with E-state index in [1.807, 2.05) is 6.92 Å². The highest BCUT2D eigenvalue weighted by Gasteiger charge is 2.22. The Bertz CT molecular complexity index is 586. The van der Waals surface area contributed by atoms with E-state index in [9.17, 15) is 0 Å². The topological polar surface area (TPSA) is 30.7 Å². The first-order valence-electron chi connectivity index (χ1n) is 6.04. The predicted molar refractivity (Wildman–Crippen MR) is 71.4 cm³/mol. The normalized spacial score (nSPS) is 12.4. The first kappa shape index (κ1) is 12.1. The largest absolute Gasteiger partial charge is 0.330 e. The summed E-state index contributed by atoms with van der Waals surface area (Å²) < 4.78 is 2.12. The molecule has 0 amide bonds. The second-order valence-corrected chi connectivity index (χ2v) is 5.85. The van der Waals surface area contributed by atoms with Crippen molar-refractivity contribution in [1.82, 2.24) is 14.5 Å². The van der Waals surface area contributed by atoms with Crippen molar-refractivity contribution < 1.29 is 0 Å². The quantitative estimate of drug-likeness (QED) is 0.697. The molecule has 17 heavy (non-hydrogen) atoms. The summed E-state index contributed by atoms with van der Waals surface area (Å²) in [5.74, 6) is 1.01. The Hall–Kier alpha value is -1.38. The van der Waals surface area contributed by atoms with Gasteiger partial charge in [-0.05, 0) is 31.9 Å². The van der Waals surface area contributed by atoms with E-state index in [4.69, 9.17) is 4.98 Å². The lowest BCUT2D eigenvalue weighted by Gasteiger charge is -2.21. The van der Waals surface area contributed by atoms with Crippen LogP contribution in [0.5, 0.6) is 0 Å². The van der Waals surface area contributed by atoms with Gasteiger partial charge in [-0.3, -0.25) is 0 Å². The van der Waals surface area contributed by atoms with Crippen LogP contribution in [0, 0.1) is 20.8 Å². The molecule has 0 aliphatic carbocycles. The highest BCUT2D eigenvalue weighted by atomic mass is 15.1. The highest BCUT2D eigenvalue weighted by Crippen LogP contribution is 2.29. The Morgan fingerprint density at radius 2 is 1.53 bits per heavy atom. The first-order chi connectivity index (χ1) is 7.73. The number of aromatic nitrogens is 3. The number of pyridine rings is 1. The molecule has 0 N–H and O–H groups in total. The van der Waals surface area contributed by atoms with E-state index < -0.39 is 0 Å². The molecule has 0 fully saturated rings. The summed E-state index contributed by atoms with van der Waals surface area (Å²) in [6, 6.07) is 0.